The maximum Gasteiger partial charge on any atom is 0.125 e. The van der Waals surface area contributed by atoms with Crippen LogP contribution in [0.5, 0.6) is 0 Å². The van der Waals surface area contributed by atoms with Gasteiger partial charge in [-0.3, -0.25) is 9.88 Å². The molecule has 2 atom stereocenters. The molecule has 2 bridgehead atoms. The number of aromatic nitrogens is 3. The second-order valence-electron chi connectivity index (χ2n) is 5.80. The largest absolute Gasteiger partial charge is 0.289 e. The normalized spacial score (nSPS) is 24.6. The smallest absolute Gasteiger partial charge is 0.125 e. The molecule has 2 aromatic rings. The van der Waals surface area contributed by atoms with E-state index in [4.69, 9.17) is 0 Å². The van der Waals surface area contributed by atoms with Crippen molar-refractivity contribution in [1.82, 2.24) is 19.9 Å². The molecule has 20 heavy (non-hydrogen) atoms. The van der Waals surface area contributed by atoms with Gasteiger partial charge in [-0.05, 0) is 37.5 Å². The zero-order valence-electron chi connectivity index (χ0n) is 11.7. The highest BCUT2D eigenvalue weighted by molar-refractivity contribution is 5.29. The fourth-order valence-corrected chi connectivity index (χ4v) is 3.62. The summed E-state index contributed by atoms with van der Waals surface area (Å²) in [4.78, 5) is 15.8. The van der Waals surface area contributed by atoms with Gasteiger partial charge in [-0.1, -0.05) is 0 Å². The molecule has 0 aromatic carbocycles. The molecule has 2 aromatic heterocycles. The van der Waals surface area contributed by atoms with Gasteiger partial charge in [0, 0.05) is 49.2 Å². The summed E-state index contributed by atoms with van der Waals surface area (Å²) in [5.74, 6) is 0.894. The quantitative estimate of drug-likeness (QED) is 0.837. The van der Waals surface area contributed by atoms with Crippen LogP contribution in [-0.2, 0) is 13.0 Å². The molecule has 0 aliphatic carbocycles. The van der Waals surface area contributed by atoms with Gasteiger partial charge in [0.25, 0.3) is 0 Å². The second-order valence-corrected chi connectivity index (χ2v) is 5.80. The lowest BCUT2D eigenvalue weighted by Crippen LogP contribution is -2.37. The van der Waals surface area contributed by atoms with E-state index in [0.717, 1.165) is 18.8 Å². The summed E-state index contributed by atoms with van der Waals surface area (Å²) < 4.78 is 0. The number of aryl methyl sites for hydroxylation is 1. The predicted octanol–water partition coefficient (Wildman–Crippen LogP) is 2.44. The van der Waals surface area contributed by atoms with Crippen molar-refractivity contribution in [2.24, 2.45) is 0 Å². The van der Waals surface area contributed by atoms with Gasteiger partial charge >= 0.3 is 0 Å². The van der Waals surface area contributed by atoms with E-state index in [1.54, 1.807) is 0 Å². The Morgan fingerprint density at radius 2 is 2.10 bits per heavy atom. The Kier molecular flexibility index (Phi) is 2.77. The van der Waals surface area contributed by atoms with Crippen molar-refractivity contribution in [3.8, 4) is 0 Å². The van der Waals surface area contributed by atoms with Crippen molar-refractivity contribution in [2.45, 2.75) is 44.8 Å². The molecule has 4 nitrogen and oxygen atoms in total. The van der Waals surface area contributed by atoms with E-state index in [1.165, 1.54) is 29.7 Å². The van der Waals surface area contributed by atoms with Crippen molar-refractivity contribution < 1.29 is 0 Å². The lowest BCUT2D eigenvalue weighted by Gasteiger charge is -2.35. The van der Waals surface area contributed by atoms with Crippen LogP contribution < -0.4 is 0 Å². The molecule has 4 heterocycles. The van der Waals surface area contributed by atoms with Crippen molar-refractivity contribution in [2.75, 3.05) is 0 Å². The monoisotopic (exact) mass is 266 g/mol. The van der Waals surface area contributed by atoms with E-state index >= 15 is 0 Å². The van der Waals surface area contributed by atoms with Gasteiger partial charge in [0.05, 0.1) is 5.69 Å². The van der Waals surface area contributed by atoms with E-state index < -0.39 is 0 Å². The average molecular weight is 266 g/mol. The molecule has 0 N–H and O–H groups in total. The number of hydrogen-bond acceptors (Lipinski definition) is 4. The Morgan fingerprint density at radius 1 is 1.25 bits per heavy atom. The third kappa shape index (κ3) is 1.91. The number of fused-ring (bicyclic) bond motifs is 4. The third-order valence-electron chi connectivity index (χ3n) is 4.57. The van der Waals surface area contributed by atoms with Crippen LogP contribution in [0.4, 0.5) is 0 Å². The van der Waals surface area contributed by atoms with Gasteiger partial charge in [-0.15, -0.1) is 0 Å². The topological polar surface area (TPSA) is 41.9 Å². The molecule has 0 spiro atoms. The van der Waals surface area contributed by atoms with Crippen LogP contribution in [0.3, 0.4) is 0 Å². The Balaban J connectivity index is 1.66. The number of nitrogens with zero attached hydrogens (tertiary/aromatic N) is 4. The van der Waals surface area contributed by atoms with E-state index in [2.05, 4.69) is 32.0 Å². The van der Waals surface area contributed by atoms with Gasteiger partial charge in [0.1, 0.15) is 5.82 Å². The summed E-state index contributed by atoms with van der Waals surface area (Å²) in [5, 5.41) is 0. The summed E-state index contributed by atoms with van der Waals surface area (Å²) in [7, 11) is 0. The lowest BCUT2D eigenvalue weighted by atomic mass is 9.98. The molecule has 1 saturated heterocycles. The third-order valence-corrected chi connectivity index (χ3v) is 4.57. The van der Waals surface area contributed by atoms with Crippen molar-refractivity contribution in [3.63, 3.8) is 0 Å². The van der Waals surface area contributed by atoms with E-state index in [0.29, 0.717) is 12.1 Å². The second kappa shape index (κ2) is 4.63. The van der Waals surface area contributed by atoms with Crippen molar-refractivity contribution >= 4 is 0 Å². The minimum Gasteiger partial charge on any atom is -0.289 e. The summed E-state index contributed by atoms with van der Waals surface area (Å²) >= 11 is 0. The highest BCUT2D eigenvalue weighted by atomic mass is 15.2. The molecular weight excluding hydrogens is 248 g/mol. The molecule has 2 aliphatic heterocycles. The average Bonchev–Trinajstić information content (AvgIpc) is 2.74. The molecule has 2 aliphatic rings. The standard InChI is InChI=1S/C16H18N4/c1-11-18-9-14-15(19-11)8-13-2-3-16(14)20(13)10-12-4-6-17-7-5-12/h4-7,9,13,16H,2-3,8,10H2,1H3/t13-,16+/m1/s1. The predicted molar refractivity (Wildman–Crippen MR) is 76.0 cm³/mol. The zero-order chi connectivity index (χ0) is 13.5. The Labute approximate surface area is 118 Å². The fourth-order valence-electron chi connectivity index (χ4n) is 3.62. The molecular formula is C16H18N4. The first-order chi connectivity index (χ1) is 9.81. The number of hydrogen-bond donors (Lipinski definition) is 0. The van der Waals surface area contributed by atoms with E-state index in [-0.39, 0.29) is 0 Å². The molecule has 0 amide bonds. The zero-order valence-corrected chi connectivity index (χ0v) is 11.7. The van der Waals surface area contributed by atoms with Crippen LogP contribution in [0, 0.1) is 6.92 Å². The maximum atomic E-state index is 4.65. The van der Waals surface area contributed by atoms with E-state index in [9.17, 15) is 0 Å². The molecule has 0 radical (unpaired) electrons. The first-order valence-electron chi connectivity index (χ1n) is 7.28. The number of pyridine rings is 1. The molecule has 0 saturated carbocycles. The Bertz CT molecular complexity index is 626. The Morgan fingerprint density at radius 3 is 2.95 bits per heavy atom. The summed E-state index contributed by atoms with van der Waals surface area (Å²) in [6, 6.07) is 5.36. The lowest BCUT2D eigenvalue weighted by molar-refractivity contribution is 0.166. The van der Waals surface area contributed by atoms with Crippen LogP contribution in [0.2, 0.25) is 0 Å². The van der Waals surface area contributed by atoms with Crippen LogP contribution in [0.15, 0.2) is 30.7 Å². The van der Waals surface area contributed by atoms with Gasteiger partial charge < -0.3 is 0 Å². The fraction of sp³-hybridized carbons (Fsp3) is 0.438. The Hall–Kier alpha value is -1.81. The van der Waals surface area contributed by atoms with Crippen molar-refractivity contribution in [3.05, 3.63) is 53.4 Å². The molecule has 0 unspecified atom stereocenters. The van der Waals surface area contributed by atoms with Crippen LogP contribution in [0.25, 0.3) is 0 Å². The highest BCUT2D eigenvalue weighted by Crippen LogP contribution is 2.43. The molecule has 102 valence electrons. The number of rotatable bonds is 2. The molecule has 4 heteroatoms. The maximum absolute atomic E-state index is 4.65. The van der Waals surface area contributed by atoms with E-state index in [1.807, 2.05) is 25.5 Å². The first kappa shape index (κ1) is 12.0. The summed E-state index contributed by atoms with van der Waals surface area (Å²) in [6.45, 7) is 2.98. The minimum absolute atomic E-state index is 0.498. The summed E-state index contributed by atoms with van der Waals surface area (Å²) in [5.41, 5.74) is 3.96. The van der Waals surface area contributed by atoms with Gasteiger partial charge in [-0.25, -0.2) is 9.97 Å². The van der Waals surface area contributed by atoms with Crippen molar-refractivity contribution in [1.29, 1.82) is 0 Å². The van der Waals surface area contributed by atoms with Gasteiger partial charge in [0.15, 0.2) is 0 Å². The van der Waals surface area contributed by atoms with Crippen LogP contribution in [-0.4, -0.2) is 25.9 Å². The van der Waals surface area contributed by atoms with Gasteiger partial charge in [-0.2, -0.15) is 0 Å². The highest BCUT2D eigenvalue weighted by Gasteiger charge is 2.40. The SMILES string of the molecule is Cc1ncc2c(n1)C[C@H]1CC[C@@H]2N1Cc1ccncc1. The molecule has 1 fully saturated rings. The summed E-state index contributed by atoms with van der Waals surface area (Å²) in [6.07, 6.45) is 9.37. The van der Waals surface area contributed by atoms with Crippen LogP contribution in [0.1, 0.15) is 41.5 Å². The van der Waals surface area contributed by atoms with Crippen LogP contribution >= 0.6 is 0 Å². The minimum atomic E-state index is 0.498. The first-order valence-corrected chi connectivity index (χ1v) is 7.28. The van der Waals surface area contributed by atoms with Gasteiger partial charge in [0.2, 0.25) is 0 Å². The molecule has 4 rings (SSSR count).